The Morgan fingerprint density at radius 2 is 1.75 bits per heavy atom. The Balaban J connectivity index is 2.07. The summed E-state index contributed by atoms with van der Waals surface area (Å²) in [6, 6.07) is 8.34. The Morgan fingerprint density at radius 3 is 2.32 bits per heavy atom. The van der Waals surface area contributed by atoms with E-state index in [0.717, 1.165) is 11.1 Å². The number of nitrogens with zero attached hydrogens (tertiary/aromatic N) is 1. The van der Waals surface area contributed by atoms with Gasteiger partial charge in [-0.05, 0) is 44.0 Å². The molecule has 150 valence electrons. The lowest BCUT2D eigenvalue weighted by Crippen LogP contribution is -2.28. The van der Waals surface area contributed by atoms with E-state index in [9.17, 15) is 14.9 Å². The second-order valence-electron chi connectivity index (χ2n) is 6.14. The van der Waals surface area contributed by atoms with Crippen LogP contribution in [0.15, 0.2) is 30.3 Å². The third-order valence-corrected chi connectivity index (χ3v) is 3.87. The van der Waals surface area contributed by atoms with Gasteiger partial charge >= 0.3 is 0 Å². The minimum Gasteiger partial charge on any atom is -0.493 e. The van der Waals surface area contributed by atoms with Gasteiger partial charge in [0, 0.05) is 6.07 Å². The number of aryl methyl sites for hydroxylation is 2. The fourth-order valence-corrected chi connectivity index (χ4v) is 2.75. The van der Waals surface area contributed by atoms with Crippen molar-refractivity contribution in [1.29, 1.82) is 0 Å². The van der Waals surface area contributed by atoms with Crippen LogP contribution in [0.5, 0.6) is 17.2 Å². The molecular formula is C20H24N2O6. The van der Waals surface area contributed by atoms with Crippen molar-refractivity contribution in [2.75, 3.05) is 26.9 Å². The Labute approximate surface area is 163 Å². The van der Waals surface area contributed by atoms with Gasteiger partial charge in [-0.15, -0.1) is 0 Å². The van der Waals surface area contributed by atoms with Crippen LogP contribution in [0.3, 0.4) is 0 Å². The predicted molar refractivity (Wildman–Crippen MR) is 105 cm³/mol. The SMILES string of the molecule is CCOc1cc([N+](=O)[O-])c(C(=O)NCCOc2cc(C)cc(C)c2)cc1OC. The molecule has 0 aromatic heterocycles. The molecule has 2 aromatic carbocycles. The Kier molecular flexibility index (Phi) is 7.20. The lowest BCUT2D eigenvalue weighted by atomic mass is 10.1. The average molecular weight is 388 g/mol. The molecule has 0 spiro atoms. The summed E-state index contributed by atoms with van der Waals surface area (Å²) in [6.07, 6.45) is 0. The number of carbonyl (C=O) groups excluding carboxylic acids is 1. The zero-order valence-corrected chi connectivity index (χ0v) is 16.4. The molecule has 0 saturated carbocycles. The van der Waals surface area contributed by atoms with E-state index < -0.39 is 10.8 Å². The molecule has 0 heterocycles. The number of nitro benzene ring substituents is 1. The Hall–Kier alpha value is -3.29. The van der Waals surface area contributed by atoms with Crippen molar-refractivity contribution in [1.82, 2.24) is 5.32 Å². The number of hydrogen-bond acceptors (Lipinski definition) is 6. The monoisotopic (exact) mass is 388 g/mol. The lowest BCUT2D eigenvalue weighted by Gasteiger charge is -2.12. The first kappa shape index (κ1) is 21.0. The molecule has 0 radical (unpaired) electrons. The maximum absolute atomic E-state index is 12.5. The molecule has 0 bridgehead atoms. The number of nitrogens with one attached hydrogen (secondary N) is 1. The molecule has 0 aliphatic rings. The van der Waals surface area contributed by atoms with E-state index in [1.807, 2.05) is 32.0 Å². The molecular weight excluding hydrogens is 364 g/mol. The third-order valence-electron chi connectivity index (χ3n) is 3.87. The van der Waals surface area contributed by atoms with E-state index in [1.165, 1.54) is 19.2 Å². The quantitative estimate of drug-likeness (QED) is 0.401. The fraction of sp³-hybridized carbons (Fsp3) is 0.350. The summed E-state index contributed by atoms with van der Waals surface area (Å²) in [6.45, 7) is 6.44. The van der Waals surface area contributed by atoms with Crippen molar-refractivity contribution in [3.63, 3.8) is 0 Å². The van der Waals surface area contributed by atoms with Crippen LogP contribution in [0, 0.1) is 24.0 Å². The van der Waals surface area contributed by atoms with Gasteiger partial charge in [-0.1, -0.05) is 6.07 Å². The van der Waals surface area contributed by atoms with Gasteiger partial charge in [0.25, 0.3) is 11.6 Å². The fourth-order valence-electron chi connectivity index (χ4n) is 2.75. The summed E-state index contributed by atoms with van der Waals surface area (Å²) in [4.78, 5) is 23.2. The summed E-state index contributed by atoms with van der Waals surface area (Å²) in [5, 5.41) is 14.0. The first-order valence-corrected chi connectivity index (χ1v) is 8.84. The van der Waals surface area contributed by atoms with Crippen LogP contribution < -0.4 is 19.5 Å². The van der Waals surface area contributed by atoms with Crippen LogP contribution >= 0.6 is 0 Å². The van der Waals surface area contributed by atoms with Gasteiger partial charge in [-0.3, -0.25) is 14.9 Å². The van der Waals surface area contributed by atoms with Gasteiger partial charge in [0.2, 0.25) is 0 Å². The molecule has 1 amide bonds. The normalized spacial score (nSPS) is 10.3. The van der Waals surface area contributed by atoms with Crippen LogP contribution in [0.4, 0.5) is 5.69 Å². The van der Waals surface area contributed by atoms with E-state index in [2.05, 4.69) is 5.32 Å². The highest BCUT2D eigenvalue weighted by Crippen LogP contribution is 2.34. The van der Waals surface area contributed by atoms with Crippen molar-refractivity contribution >= 4 is 11.6 Å². The number of nitro groups is 1. The van der Waals surface area contributed by atoms with Crippen molar-refractivity contribution < 1.29 is 23.9 Å². The molecule has 2 aromatic rings. The first-order chi connectivity index (χ1) is 13.3. The zero-order chi connectivity index (χ0) is 20.7. The Morgan fingerprint density at radius 1 is 1.07 bits per heavy atom. The summed E-state index contributed by atoms with van der Waals surface area (Å²) >= 11 is 0. The van der Waals surface area contributed by atoms with Gasteiger partial charge in [-0.25, -0.2) is 0 Å². The summed E-state index contributed by atoms with van der Waals surface area (Å²) in [7, 11) is 1.41. The largest absolute Gasteiger partial charge is 0.493 e. The number of methoxy groups -OCH3 is 1. The van der Waals surface area contributed by atoms with Gasteiger partial charge in [0.1, 0.15) is 17.9 Å². The molecule has 8 heteroatoms. The molecule has 0 aliphatic heterocycles. The number of hydrogen-bond donors (Lipinski definition) is 1. The number of rotatable bonds is 9. The maximum Gasteiger partial charge on any atom is 0.286 e. The van der Waals surface area contributed by atoms with Crippen molar-refractivity contribution in [2.24, 2.45) is 0 Å². The number of benzene rings is 2. The third kappa shape index (κ3) is 5.35. The summed E-state index contributed by atoms with van der Waals surface area (Å²) < 4.78 is 16.2. The minimum atomic E-state index is -0.622. The number of amides is 1. The van der Waals surface area contributed by atoms with E-state index in [-0.39, 0.29) is 35.9 Å². The van der Waals surface area contributed by atoms with Gasteiger partial charge in [0.05, 0.1) is 31.3 Å². The van der Waals surface area contributed by atoms with Crippen molar-refractivity contribution in [3.8, 4) is 17.2 Å². The molecule has 0 aliphatic carbocycles. The zero-order valence-electron chi connectivity index (χ0n) is 16.4. The van der Waals surface area contributed by atoms with Crippen LogP contribution in [-0.4, -0.2) is 37.7 Å². The van der Waals surface area contributed by atoms with Crippen LogP contribution in [0.25, 0.3) is 0 Å². The highest BCUT2D eigenvalue weighted by Gasteiger charge is 2.24. The van der Waals surface area contributed by atoms with E-state index in [4.69, 9.17) is 14.2 Å². The standard InChI is InChI=1S/C20H24N2O6/c1-5-27-19-12-17(22(24)25)16(11-18(19)26-4)20(23)21-6-7-28-15-9-13(2)8-14(3)10-15/h8-12H,5-7H2,1-4H3,(H,21,23). The van der Waals surface area contributed by atoms with Crippen molar-refractivity contribution in [2.45, 2.75) is 20.8 Å². The number of carbonyl (C=O) groups is 1. The predicted octanol–water partition coefficient (Wildman–Crippen LogP) is 3.43. The molecule has 1 N–H and O–H groups in total. The lowest BCUT2D eigenvalue weighted by molar-refractivity contribution is -0.385. The highest BCUT2D eigenvalue weighted by atomic mass is 16.6. The van der Waals surface area contributed by atoms with Crippen molar-refractivity contribution in [3.05, 3.63) is 57.1 Å². The van der Waals surface area contributed by atoms with Crippen LogP contribution in [0.2, 0.25) is 0 Å². The topological polar surface area (TPSA) is 99.9 Å². The second-order valence-corrected chi connectivity index (χ2v) is 6.14. The van der Waals surface area contributed by atoms with Gasteiger partial charge < -0.3 is 19.5 Å². The first-order valence-electron chi connectivity index (χ1n) is 8.84. The smallest absolute Gasteiger partial charge is 0.286 e. The molecule has 0 saturated heterocycles. The molecule has 2 rings (SSSR count). The number of ether oxygens (including phenoxy) is 3. The van der Waals surface area contributed by atoms with Gasteiger partial charge in [-0.2, -0.15) is 0 Å². The van der Waals surface area contributed by atoms with E-state index >= 15 is 0 Å². The molecule has 28 heavy (non-hydrogen) atoms. The summed E-state index contributed by atoms with van der Waals surface area (Å²) in [5.41, 5.74) is 1.71. The Bertz CT molecular complexity index is 846. The maximum atomic E-state index is 12.5. The molecule has 0 unspecified atom stereocenters. The van der Waals surface area contributed by atoms with Gasteiger partial charge in [0.15, 0.2) is 11.5 Å². The molecule has 8 nitrogen and oxygen atoms in total. The van der Waals surface area contributed by atoms with E-state index in [0.29, 0.717) is 12.4 Å². The average Bonchev–Trinajstić information content (AvgIpc) is 2.64. The van der Waals surface area contributed by atoms with Crippen LogP contribution in [-0.2, 0) is 0 Å². The highest BCUT2D eigenvalue weighted by molar-refractivity contribution is 5.99. The molecule has 0 atom stereocenters. The van der Waals surface area contributed by atoms with E-state index in [1.54, 1.807) is 6.92 Å². The summed E-state index contributed by atoms with van der Waals surface area (Å²) in [5.74, 6) is 0.591. The minimum absolute atomic E-state index is 0.100. The van der Waals surface area contributed by atoms with Crippen LogP contribution in [0.1, 0.15) is 28.4 Å². The molecule has 0 fully saturated rings. The second kappa shape index (κ2) is 9.59.